The van der Waals surface area contributed by atoms with Gasteiger partial charge in [-0.3, -0.25) is 14.9 Å². The Balaban J connectivity index is 1.43. The Morgan fingerprint density at radius 1 is 1.10 bits per heavy atom. The highest BCUT2D eigenvalue weighted by molar-refractivity contribution is 6.02. The minimum Gasteiger partial charge on any atom is -0.434 e. The van der Waals surface area contributed by atoms with Crippen molar-refractivity contribution in [3.05, 3.63) is 88.6 Å². The van der Waals surface area contributed by atoms with Gasteiger partial charge in [0.1, 0.15) is 0 Å². The predicted octanol–water partition coefficient (Wildman–Crippen LogP) is 4.45. The van der Waals surface area contributed by atoms with Gasteiger partial charge in [0, 0.05) is 35.7 Å². The van der Waals surface area contributed by atoms with E-state index in [4.69, 9.17) is 4.42 Å². The maximum Gasteiger partial charge on any atom is 0.270 e. The van der Waals surface area contributed by atoms with Crippen LogP contribution in [0.4, 0.5) is 11.4 Å². The van der Waals surface area contributed by atoms with E-state index in [1.807, 2.05) is 0 Å². The summed E-state index contributed by atoms with van der Waals surface area (Å²) in [7, 11) is 0. The molecule has 2 heterocycles. The lowest BCUT2D eigenvalue weighted by Crippen LogP contribution is -2.07. The number of nitrogens with zero attached hydrogens (tertiary/aromatic N) is 3. The number of nitro benzene ring substituents is 1. The fourth-order valence-corrected chi connectivity index (χ4v) is 2.69. The number of carbonyl (C=O) groups is 1. The van der Waals surface area contributed by atoms with Gasteiger partial charge in [0.2, 0.25) is 11.8 Å². The third-order valence-corrected chi connectivity index (χ3v) is 4.07. The molecule has 0 saturated heterocycles. The molecule has 0 spiro atoms. The van der Waals surface area contributed by atoms with Crippen LogP contribution < -0.4 is 5.32 Å². The van der Waals surface area contributed by atoms with Crippen LogP contribution in [-0.2, 0) is 4.79 Å². The monoisotopic (exact) mass is 386 g/mol. The summed E-state index contributed by atoms with van der Waals surface area (Å²) in [6.07, 6.45) is 4.48. The molecule has 8 heteroatoms. The molecule has 142 valence electrons. The Morgan fingerprint density at radius 3 is 2.69 bits per heavy atom. The zero-order valence-electron chi connectivity index (χ0n) is 15.0. The molecule has 4 rings (SSSR count). The van der Waals surface area contributed by atoms with E-state index < -0.39 is 4.92 Å². The van der Waals surface area contributed by atoms with Crippen LogP contribution >= 0.6 is 0 Å². The van der Waals surface area contributed by atoms with Crippen LogP contribution in [0.3, 0.4) is 0 Å². The Morgan fingerprint density at radius 2 is 1.93 bits per heavy atom. The lowest BCUT2D eigenvalue weighted by atomic mass is 10.2. The molecule has 2 aromatic carbocycles. The molecule has 0 saturated carbocycles. The summed E-state index contributed by atoms with van der Waals surface area (Å²) in [5.74, 6) is 0.0949. The first-order chi connectivity index (χ1) is 14.1. The zero-order chi connectivity index (χ0) is 20.2. The van der Waals surface area contributed by atoms with Gasteiger partial charge in [-0.2, -0.15) is 4.98 Å². The van der Waals surface area contributed by atoms with Gasteiger partial charge in [-0.25, -0.2) is 4.98 Å². The standard InChI is InChI=1S/C21H14N4O4/c26-19(11-6-14-3-1-4-17(13-14)25(27)28)23-16-9-7-15(8-10-16)21-24-20-18(29-21)5-2-12-22-20/h1-13H,(H,23,26). The molecule has 29 heavy (non-hydrogen) atoms. The lowest BCUT2D eigenvalue weighted by molar-refractivity contribution is -0.384. The van der Waals surface area contributed by atoms with Crippen molar-refractivity contribution in [1.82, 2.24) is 9.97 Å². The molecule has 0 aliphatic carbocycles. The second-order valence-corrected chi connectivity index (χ2v) is 6.10. The first-order valence-electron chi connectivity index (χ1n) is 8.64. The highest BCUT2D eigenvalue weighted by atomic mass is 16.6. The molecule has 0 fully saturated rings. The second-order valence-electron chi connectivity index (χ2n) is 6.10. The van der Waals surface area contributed by atoms with Gasteiger partial charge in [0.25, 0.3) is 5.69 Å². The lowest BCUT2D eigenvalue weighted by Gasteiger charge is -2.03. The molecule has 1 amide bonds. The summed E-state index contributed by atoms with van der Waals surface area (Å²) in [5.41, 5.74) is 3.02. The Hall–Kier alpha value is -4.33. The Labute approximate surface area is 164 Å². The summed E-state index contributed by atoms with van der Waals surface area (Å²) < 4.78 is 5.67. The molecule has 0 bridgehead atoms. The number of pyridine rings is 1. The molecule has 1 N–H and O–H groups in total. The maximum atomic E-state index is 12.1. The van der Waals surface area contributed by atoms with Crippen LogP contribution in [0.25, 0.3) is 28.8 Å². The number of aromatic nitrogens is 2. The molecular weight excluding hydrogens is 372 g/mol. The second kappa shape index (κ2) is 7.73. The van der Waals surface area contributed by atoms with Crippen molar-refractivity contribution < 1.29 is 14.1 Å². The molecule has 8 nitrogen and oxygen atoms in total. The first kappa shape index (κ1) is 18.1. The van der Waals surface area contributed by atoms with E-state index >= 15 is 0 Å². The Kier molecular flexibility index (Phi) is 4.81. The van der Waals surface area contributed by atoms with Crippen LogP contribution in [0.5, 0.6) is 0 Å². The van der Waals surface area contributed by atoms with Gasteiger partial charge < -0.3 is 9.73 Å². The van der Waals surface area contributed by atoms with E-state index in [2.05, 4.69) is 15.3 Å². The highest BCUT2D eigenvalue weighted by Gasteiger charge is 2.09. The third-order valence-electron chi connectivity index (χ3n) is 4.07. The van der Waals surface area contributed by atoms with Crippen molar-refractivity contribution in [1.29, 1.82) is 0 Å². The number of nitrogens with one attached hydrogen (secondary N) is 1. The summed E-state index contributed by atoms with van der Waals surface area (Å²) >= 11 is 0. The number of amides is 1. The van der Waals surface area contributed by atoms with Crippen molar-refractivity contribution in [2.24, 2.45) is 0 Å². The van der Waals surface area contributed by atoms with Gasteiger partial charge in [-0.15, -0.1) is 0 Å². The van der Waals surface area contributed by atoms with Crippen LogP contribution in [0.2, 0.25) is 0 Å². The number of benzene rings is 2. The number of anilines is 1. The fourth-order valence-electron chi connectivity index (χ4n) is 2.69. The van der Waals surface area contributed by atoms with Gasteiger partial charge >= 0.3 is 0 Å². The molecule has 0 aliphatic heterocycles. The van der Waals surface area contributed by atoms with E-state index in [1.54, 1.807) is 54.7 Å². The van der Waals surface area contributed by atoms with Gasteiger partial charge in [0.15, 0.2) is 11.2 Å². The normalized spacial score (nSPS) is 11.0. The van der Waals surface area contributed by atoms with Gasteiger partial charge in [-0.1, -0.05) is 12.1 Å². The van der Waals surface area contributed by atoms with Crippen molar-refractivity contribution in [2.45, 2.75) is 0 Å². The molecule has 4 aromatic rings. The quantitative estimate of drug-likeness (QED) is 0.308. The Bertz CT molecular complexity index is 1200. The highest BCUT2D eigenvalue weighted by Crippen LogP contribution is 2.24. The van der Waals surface area contributed by atoms with Crippen molar-refractivity contribution >= 4 is 34.6 Å². The molecule has 0 unspecified atom stereocenters. The van der Waals surface area contributed by atoms with E-state index in [9.17, 15) is 14.9 Å². The van der Waals surface area contributed by atoms with Gasteiger partial charge in [0.05, 0.1) is 4.92 Å². The minimum atomic E-state index is -0.480. The van der Waals surface area contributed by atoms with Crippen molar-refractivity contribution in [3.63, 3.8) is 0 Å². The van der Waals surface area contributed by atoms with Crippen molar-refractivity contribution in [3.8, 4) is 11.5 Å². The number of hydrogen-bond donors (Lipinski definition) is 1. The SMILES string of the molecule is O=C(C=Cc1cccc([N+](=O)[O-])c1)Nc1ccc(-c2nc3ncccc3o2)cc1. The van der Waals surface area contributed by atoms with E-state index in [-0.39, 0.29) is 11.6 Å². The number of fused-ring (bicyclic) bond motifs is 1. The predicted molar refractivity (Wildman–Crippen MR) is 108 cm³/mol. The number of non-ortho nitro benzene ring substituents is 1. The number of carbonyl (C=O) groups excluding carboxylic acids is 1. The summed E-state index contributed by atoms with van der Waals surface area (Å²) in [5, 5.41) is 13.5. The number of rotatable bonds is 5. The van der Waals surface area contributed by atoms with Crippen LogP contribution in [0.1, 0.15) is 5.56 Å². The maximum absolute atomic E-state index is 12.1. The third kappa shape index (κ3) is 4.16. The number of oxazole rings is 1. The number of nitro groups is 1. The smallest absolute Gasteiger partial charge is 0.270 e. The molecule has 0 radical (unpaired) electrons. The summed E-state index contributed by atoms with van der Waals surface area (Å²) in [4.78, 5) is 30.9. The zero-order valence-corrected chi connectivity index (χ0v) is 15.0. The van der Waals surface area contributed by atoms with E-state index in [0.717, 1.165) is 5.56 Å². The average molecular weight is 386 g/mol. The van der Waals surface area contributed by atoms with Crippen LogP contribution in [-0.4, -0.2) is 20.8 Å². The topological polar surface area (TPSA) is 111 Å². The first-order valence-corrected chi connectivity index (χ1v) is 8.64. The summed E-state index contributed by atoms with van der Waals surface area (Å²) in [6.45, 7) is 0. The summed E-state index contributed by atoms with van der Waals surface area (Å²) in [6, 6.07) is 16.6. The largest absolute Gasteiger partial charge is 0.434 e. The van der Waals surface area contributed by atoms with E-state index in [0.29, 0.717) is 28.4 Å². The molecule has 0 atom stereocenters. The van der Waals surface area contributed by atoms with Crippen LogP contribution in [0.15, 0.2) is 77.4 Å². The van der Waals surface area contributed by atoms with Crippen LogP contribution in [0, 0.1) is 10.1 Å². The van der Waals surface area contributed by atoms with E-state index in [1.165, 1.54) is 24.3 Å². The number of hydrogen-bond acceptors (Lipinski definition) is 6. The molecule has 0 aliphatic rings. The molecule has 2 aromatic heterocycles. The molecular formula is C21H14N4O4. The van der Waals surface area contributed by atoms with Crippen molar-refractivity contribution in [2.75, 3.05) is 5.32 Å². The van der Waals surface area contributed by atoms with Gasteiger partial charge in [-0.05, 0) is 48.0 Å². The average Bonchev–Trinajstić information content (AvgIpc) is 3.17. The fraction of sp³-hybridized carbons (Fsp3) is 0. The minimum absolute atomic E-state index is 0.0301.